The second-order valence-electron chi connectivity index (χ2n) is 4.50. The van der Waals surface area contributed by atoms with Crippen LogP contribution in [0, 0.1) is 0 Å². The maximum atomic E-state index is 12.1. The van der Waals surface area contributed by atoms with Gasteiger partial charge in [0.2, 0.25) is 0 Å². The summed E-state index contributed by atoms with van der Waals surface area (Å²) in [6.45, 7) is 0. The molecular weight excluding hydrogens is 286 g/mol. The van der Waals surface area contributed by atoms with Gasteiger partial charge in [-0.15, -0.1) is 5.10 Å². The standard InChI is InChI=1S/C15H13N3O2S/c19-21(20,13-7-2-1-3-8-13)12-6-11-18-15-10-5-4-9-14(15)16-17-18/h1-11H,12H2/b11-6+. The molecule has 0 N–H and O–H groups in total. The molecule has 0 atom stereocenters. The third-order valence-corrected chi connectivity index (χ3v) is 4.66. The Bertz CT molecular complexity index is 883. The third kappa shape index (κ3) is 2.85. The van der Waals surface area contributed by atoms with Crippen molar-refractivity contribution in [2.75, 3.05) is 5.75 Å². The first-order chi connectivity index (χ1) is 10.2. The van der Waals surface area contributed by atoms with Crippen LogP contribution in [0.15, 0.2) is 65.6 Å². The summed E-state index contributed by atoms with van der Waals surface area (Å²) in [6.07, 6.45) is 3.19. The maximum absolute atomic E-state index is 12.1. The molecule has 0 aliphatic carbocycles. The second-order valence-corrected chi connectivity index (χ2v) is 6.54. The molecule has 0 spiro atoms. The third-order valence-electron chi connectivity index (χ3n) is 3.04. The average Bonchev–Trinajstić information content (AvgIpc) is 2.92. The SMILES string of the molecule is O=S(=O)(C/C=C/n1nnc2ccccc21)c1ccccc1. The minimum atomic E-state index is -3.32. The summed E-state index contributed by atoms with van der Waals surface area (Å²) < 4.78 is 25.8. The molecule has 0 unspecified atom stereocenters. The Morgan fingerprint density at radius 2 is 1.71 bits per heavy atom. The predicted molar refractivity (Wildman–Crippen MR) is 81.4 cm³/mol. The van der Waals surface area contributed by atoms with Crippen molar-refractivity contribution >= 4 is 27.1 Å². The molecule has 0 aliphatic rings. The zero-order valence-corrected chi connectivity index (χ0v) is 11.9. The molecule has 0 fully saturated rings. The van der Waals surface area contributed by atoms with Gasteiger partial charge in [0.25, 0.3) is 0 Å². The van der Waals surface area contributed by atoms with Crippen LogP contribution in [0.2, 0.25) is 0 Å². The number of benzene rings is 2. The monoisotopic (exact) mass is 299 g/mol. The largest absolute Gasteiger partial charge is 0.223 e. The molecular formula is C15H13N3O2S. The molecule has 5 nitrogen and oxygen atoms in total. The summed E-state index contributed by atoms with van der Waals surface area (Å²) in [4.78, 5) is 0.318. The van der Waals surface area contributed by atoms with Crippen LogP contribution in [0.3, 0.4) is 0 Å². The second kappa shape index (κ2) is 5.49. The molecule has 1 heterocycles. The molecule has 3 rings (SSSR count). The van der Waals surface area contributed by atoms with Gasteiger partial charge in [0.1, 0.15) is 5.52 Å². The first-order valence-electron chi connectivity index (χ1n) is 6.41. The lowest BCUT2D eigenvalue weighted by atomic mass is 10.3. The van der Waals surface area contributed by atoms with Crippen molar-refractivity contribution in [1.29, 1.82) is 0 Å². The van der Waals surface area contributed by atoms with Crippen molar-refractivity contribution in [2.45, 2.75) is 4.90 Å². The van der Waals surface area contributed by atoms with Gasteiger partial charge in [-0.1, -0.05) is 41.6 Å². The summed E-state index contributed by atoms with van der Waals surface area (Å²) in [6, 6.07) is 15.9. The predicted octanol–water partition coefficient (Wildman–Crippen LogP) is 2.38. The smallest absolute Gasteiger partial charge is 0.181 e. The van der Waals surface area contributed by atoms with E-state index >= 15 is 0 Å². The van der Waals surface area contributed by atoms with Crippen molar-refractivity contribution < 1.29 is 8.42 Å². The van der Waals surface area contributed by atoms with Crippen LogP contribution in [0.4, 0.5) is 0 Å². The molecule has 0 amide bonds. The van der Waals surface area contributed by atoms with Gasteiger partial charge in [0.05, 0.1) is 16.2 Å². The molecule has 21 heavy (non-hydrogen) atoms. The van der Waals surface area contributed by atoms with E-state index in [-0.39, 0.29) is 5.75 Å². The summed E-state index contributed by atoms with van der Waals surface area (Å²) in [7, 11) is -3.32. The van der Waals surface area contributed by atoms with Crippen LogP contribution in [0.5, 0.6) is 0 Å². The van der Waals surface area contributed by atoms with E-state index in [0.717, 1.165) is 11.0 Å². The quantitative estimate of drug-likeness (QED) is 0.742. The summed E-state index contributed by atoms with van der Waals surface area (Å²) in [5, 5.41) is 7.98. The summed E-state index contributed by atoms with van der Waals surface area (Å²) in [5.41, 5.74) is 1.61. The Hall–Kier alpha value is -2.47. The normalized spacial score (nSPS) is 12.2. The first-order valence-corrected chi connectivity index (χ1v) is 8.06. The van der Waals surface area contributed by atoms with Gasteiger partial charge >= 0.3 is 0 Å². The molecule has 0 radical (unpaired) electrons. The Morgan fingerprint density at radius 3 is 2.52 bits per heavy atom. The fourth-order valence-electron chi connectivity index (χ4n) is 1.99. The van der Waals surface area contributed by atoms with Crippen molar-refractivity contribution in [1.82, 2.24) is 15.0 Å². The Morgan fingerprint density at radius 1 is 1.00 bits per heavy atom. The molecule has 0 saturated carbocycles. The highest BCUT2D eigenvalue weighted by molar-refractivity contribution is 7.91. The van der Waals surface area contributed by atoms with E-state index in [9.17, 15) is 8.42 Å². The van der Waals surface area contributed by atoms with E-state index in [1.807, 2.05) is 24.3 Å². The van der Waals surface area contributed by atoms with E-state index < -0.39 is 9.84 Å². The van der Waals surface area contributed by atoms with Crippen LogP contribution in [0.25, 0.3) is 17.2 Å². The van der Waals surface area contributed by atoms with Crippen LogP contribution in [-0.4, -0.2) is 29.2 Å². The molecule has 106 valence electrons. The number of fused-ring (bicyclic) bond motifs is 1. The average molecular weight is 299 g/mol. The van der Waals surface area contributed by atoms with Gasteiger partial charge in [-0.2, -0.15) is 0 Å². The maximum Gasteiger partial charge on any atom is 0.181 e. The lowest BCUT2D eigenvalue weighted by Crippen LogP contribution is -2.04. The van der Waals surface area contributed by atoms with E-state index in [0.29, 0.717) is 4.90 Å². The van der Waals surface area contributed by atoms with Crippen LogP contribution >= 0.6 is 0 Å². The van der Waals surface area contributed by atoms with Gasteiger partial charge in [0.15, 0.2) is 9.84 Å². The molecule has 1 aromatic heterocycles. The number of para-hydroxylation sites is 1. The van der Waals surface area contributed by atoms with Crippen molar-refractivity contribution in [3.63, 3.8) is 0 Å². The van der Waals surface area contributed by atoms with Gasteiger partial charge in [-0.05, 0) is 24.3 Å². The molecule has 3 aromatic rings. The van der Waals surface area contributed by atoms with Gasteiger partial charge in [-0.3, -0.25) is 0 Å². The van der Waals surface area contributed by atoms with E-state index in [1.165, 1.54) is 0 Å². The Kier molecular flexibility index (Phi) is 3.53. The molecule has 2 aromatic carbocycles. The fraction of sp³-hybridized carbons (Fsp3) is 0.0667. The van der Waals surface area contributed by atoms with Crippen molar-refractivity contribution in [3.8, 4) is 0 Å². The summed E-state index contributed by atoms with van der Waals surface area (Å²) >= 11 is 0. The summed E-state index contributed by atoms with van der Waals surface area (Å²) in [5.74, 6) is -0.0782. The molecule has 0 saturated heterocycles. The van der Waals surface area contributed by atoms with Gasteiger partial charge in [0, 0.05) is 6.20 Å². The lowest BCUT2D eigenvalue weighted by Gasteiger charge is -2.00. The van der Waals surface area contributed by atoms with Crippen LogP contribution < -0.4 is 0 Å². The minimum Gasteiger partial charge on any atom is -0.223 e. The Balaban J connectivity index is 1.81. The molecule has 0 aliphatic heterocycles. The van der Waals surface area contributed by atoms with Crippen LogP contribution in [-0.2, 0) is 9.84 Å². The van der Waals surface area contributed by atoms with E-state index in [1.54, 1.807) is 47.3 Å². The Labute approximate surface area is 122 Å². The number of sulfone groups is 1. The van der Waals surface area contributed by atoms with E-state index in [2.05, 4.69) is 10.3 Å². The number of rotatable bonds is 4. The number of hydrogen-bond acceptors (Lipinski definition) is 4. The van der Waals surface area contributed by atoms with Crippen LogP contribution in [0.1, 0.15) is 0 Å². The highest BCUT2D eigenvalue weighted by Crippen LogP contribution is 2.12. The first kappa shape index (κ1) is 13.5. The number of hydrogen-bond donors (Lipinski definition) is 0. The van der Waals surface area contributed by atoms with Gasteiger partial charge in [-0.25, -0.2) is 13.1 Å². The van der Waals surface area contributed by atoms with E-state index in [4.69, 9.17) is 0 Å². The fourth-order valence-corrected chi connectivity index (χ4v) is 3.09. The van der Waals surface area contributed by atoms with Crippen molar-refractivity contribution in [2.24, 2.45) is 0 Å². The lowest BCUT2D eigenvalue weighted by molar-refractivity contribution is 0.599. The van der Waals surface area contributed by atoms with Crippen molar-refractivity contribution in [3.05, 3.63) is 60.7 Å². The zero-order valence-electron chi connectivity index (χ0n) is 11.1. The number of nitrogens with zero attached hydrogens (tertiary/aromatic N) is 3. The highest BCUT2D eigenvalue weighted by atomic mass is 32.2. The zero-order chi connectivity index (χ0) is 14.7. The molecule has 6 heteroatoms. The highest BCUT2D eigenvalue weighted by Gasteiger charge is 2.11. The topological polar surface area (TPSA) is 64.8 Å². The molecule has 0 bridgehead atoms. The van der Waals surface area contributed by atoms with Gasteiger partial charge < -0.3 is 0 Å². The number of aromatic nitrogens is 3. The minimum absolute atomic E-state index is 0.0782.